The summed E-state index contributed by atoms with van der Waals surface area (Å²) in [6.07, 6.45) is 0.741. The minimum Gasteiger partial charge on any atom is -0.490 e. The van der Waals surface area contributed by atoms with E-state index < -0.39 is 14.8 Å². The topological polar surface area (TPSA) is 88.4 Å². The van der Waals surface area contributed by atoms with Gasteiger partial charge in [0.15, 0.2) is 0 Å². The summed E-state index contributed by atoms with van der Waals surface area (Å²) in [6, 6.07) is 16.0. The molecule has 150 valence electrons. The van der Waals surface area contributed by atoms with Crippen molar-refractivity contribution in [1.82, 2.24) is 4.72 Å². The van der Waals surface area contributed by atoms with Crippen molar-refractivity contribution in [3.63, 3.8) is 0 Å². The first-order chi connectivity index (χ1) is 13.3. The number of nitrogens with zero attached hydrogens (tertiary/aromatic N) is 1. The fourth-order valence-electron chi connectivity index (χ4n) is 2.50. The first-order valence-corrected chi connectivity index (χ1v) is 10.6. The molecule has 0 spiro atoms. The van der Waals surface area contributed by atoms with Crippen molar-refractivity contribution in [2.45, 2.75) is 31.9 Å². The molecule has 0 aliphatic carbocycles. The van der Waals surface area contributed by atoms with Crippen LogP contribution in [-0.2, 0) is 14.8 Å². The molecule has 2 aromatic rings. The second-order valence-electron chi connectivity index (χ2n) is 6.77. The fourth-order valence-corrected chi connectivity index (χ4v) is 3.78. The maximum Gasteiger partial charge on any atom is 0.221 e. The Morgan fingerprint density at radius 1 is 1.04 bits per heavy atom. The first kappa shape index (κ1) is 21.7. The van der Waals surface area contributed by atoms with Crippen molar-refractivity contribution < 1.29 is 17.9 Å². The van der Waals surface area contributed by atoms with Crippen LogP contribution in [0.3, 0.4) is 0 Å². The minimum absolute atomic E-state index is 0.329. The van der Waals surface area contributed by atoms with Gasteiger partial charge >= 0.3 is 0 Å². The van der Waals surface area contributed by atoms with Gasteiger partial charge in [0, 0.05) is 6.54 Å². The number of rotatable bonds is 10. The van der Waals surface area contributed by atoms with Crippen LogP contribution < -0.4 is 14.2 Å². The van der Waals surface area contributed by atoms with Gasteiger partial charge in [-0.15, -0.1) is 0 Å². The molecule has 7 heteroatoms. The Balaban J connectivity index is 1.91. The van der Waals surface area contributed by atoms with Crippen molar-refractivity contribution in [1.29, 1.82) is 5.26 Å². The highest BCUT2D eigenvalue weighted by atomic mass is 32.2. The monoisotopic (exact) mass is 402 g/mol. The Bertz CT molecular complexity index is 916. The summed E-state index contributed by atoms with van der Waals surface area (Å²) in [5.41, 5.74) is 1.23. The molecule has 6 nitrogen and oxygen atoms in total. The number of benzene rings is 2. The van der Waals surface area contributed by atoms with Crippen molar-refractivity contribution in [3.05, 3.63) is 59.7 Å². The average Bonchev–Trinajstić information content (AvgIpc) is 2.70. The molecule has 0 bridgehead atoms. The Morgan fingerprint density at radius 3 is 2.29 bits per heavy atom. The van der Waals surface area contributed by atoms with Gasteiger partial charge in [-0.3, -0.25) is 0 Å². The van der Waals surface area contributed by atoms with Gasteiger partial charge in [0.2, 0.25) is 10.0 Å². The quantitative estimate of drug-likeness (QED) is 0.614. The highest BCUT2D eigenvalue weighted by Gasteiger charge is 2.35. The molecule has 0 radical (unpaired) electrons. The molecule has 1 N–H and O–H groups in total. The van der Waals surface area contributed by atoms with Gasteiger partial charge in [-0.1, -0.05) is 25.1 Å². The molecule has 28 heavy (non-hydrogen) atoms. The number of ether oxygens (including phenoxy) is 2. The van der Waals surface area contributed by atoms with Gasteiger partial charge in [0.1, 0.15) is 29.5 Å². The van der Waals surface area contributed by atoms with E-state index in [4.69, 9.17) is 14.7 Å². The van der Waals surface area contributed by atoms with E-state index in [2.05, 4.69) is 10.8 Å². The molecule has 0 heterocycles. The molecular formula is C21H26N2O4S. The van der Waals surface area contributed by atoms with Gasteiger partial charge in [-0.05, 0) is 56.2 Å². The summed E-state index contributed by atoms with van der Waals surface area (Å²) < 4.78 is 37.8. The van der Waals surface area contributed by atoms with Gasteiger partial charge in [-0.2, -0.15) is 5.26 Å². The molecular weight excluding hydrogens is 376 g/mol. The minimum atomic E-state index is -3.48. The number of hydrogen-bond donors (Lipinski definition) is 1. The third-order valence-corrected chi connectivity index (χ3v) is 6.51. The summed E-state index contributed by atoms with van der Waals surface area (Å²) in [5.74, 6) is 1.25. The van der Waals surface area contributed by atoms with Gasteiger partial charge < -0.3 is 9.47 Å². The third kappa shape index (κ3) is 5.47. The lowest BCUT2D eigenvalue weighted by molar-refractivity contribution is 0.217. The van der Waals surface area contributed by atoms with Crippen LogP contribution in [0, 0.1) is 11.3 Å². The van der Waals surface area contributed by atoms with Crippen molar-refractivity contribution in [2.75, 3.05) is 19.8 Å². The standard InChI is InChI=1S/C21H26N2O4S/c1-4-12-23-28(24,25)21(2,3)18-8-10-19(11-9-18)26-13-14-27-20-7-5-6-17(15-20)16-22/h5-11,15,23H,4,12-14H2,1-3H3. The molecule has 0 saturated heterocycles. The molecule has 0 aromatic heterocycles. The van der Waals surface area contributed by atoms with E-state index >= 15 is 0 Å². The molecule has 0 fully saturated rings. The number of hydrogen-bond acceptors (Lipinski definition) is 5. The van der Waals surface area contributed by atoms with Crippen LogP contribution in [0.25, 0.3) is 0 Å². The molecule has 0 amide bonds. The van der Waals surface area contributed by atoms with E-state index in [1.165, 1.54) is 0 Å². The van der Waals surface area contributed by atoms with Crippen LogP contribution in [0.5, 0.6) is 11.5 Å². The van der Waals surface area contributed by atoms with Gasteiger partial charge in [0.25, 0.3) is 0 Å². The van der Waals surface area contributed by atoms with Crippen LogP contribution in [0.2, 0.25) is 0 Å². The Morgan fingerprint density at radius 2 is 1.68 bits per heavy atom. The fraction of sp³-hybridized carbons (Fsp3) is 0.381. The Hall–Kier alpha value is -2.56. The van der Waals surface area contributed by atoms with Gasteiger partial charge in [0.05, 0.1) is 11.6 Å². The second-order valence-corrected chi connectivity index (χ2v) is 9.09. The van der Waals surface area contributed by atoms with Crippen molar-refractivity contribution in [2.24, 2.45) is 0 Å². The van der Waals surface area contributed by atoms with E-state index in [0.717, 1.165) is 6.42 Å². The molecule has 2 aromatic carbocycles. The average molecular weight is 403 g/mol. The number of sulfonamides is 1. The first-order valence-electron chi connectivity index (χ1n) is 9.15. The molecule has 2 rings (SSSR count). The summed E-state index contributed by atoms with van der Waals surface area (Å²) in [6.45, 7) is 6.37. The van der Waals surface area contributed by atoms with E-state index in [0.29, 0.717) is 42.4 Å². The highest BCUT2D eigenvalue weighted by Crippen LogP contribution is 2.30. The van der Waals surface area contributed by atoms with Crippen molar-refractivity contribution in [3.8, 4) is 17.6 Å². The normalized spacial score (nSPS) is 11.6. The summed E-state index contributed by atoms with van der Waals surface area (Å²) in [7, 11) is -3.48. The summed E-state index contributed by atoms with van der Waals surface area (Å²) >= 11 is 0. The third-order valence-electron chi connectivity index (χ3n) is 4.35. The molecule has 0 atom stereocenters. The van der Waals surface area contributed by atoms with E-state index in [1.807, 2.05) is 6.92 Å². The van der Waals surface area contributed by atoms with Crippen LogP contribution in [-0.4, -0.2) is 28.2 Å². The highest BCUT2D eigenvalue weighted by molar-refractivity contribution is 7.90. The molecule has 0 unspecified atom stereocenters. The van der Waals surface area contributed by atoms with Gasteiger partial charge in [-0.25, -0.2) is 13.1 Å². The van der Waals surface area contributed by atoms with E-state index in [9.17, 15) is 8.42 Å². The molecule has 0 aliphatic heterocycles. The lowest BCUT2D eigenvalue weighted by Gasteiger charge is -2.25. The zero-order valence-electron chi connectivity index (χ0n) is 16.4. The second kappa shape index (κ2) is 9.58. The van der Waals surface area contributed by atoms with Crippen LogP contribution in [0.4, 0.5) is 0 Å². The number of nitriles is 1. The maximum atomic E-state index is 12.5. The smallest absolute Gasteiger partial charge is 0.221 e. The van der Waals surface area contributed by atoms with Crippen molar-refractivity contribution >= 4 is 10.0 Å². The SMILES string of the molecule is CCCNS(=O)(=O)C(C)(C)c1ccc(OCCOc2cccc(C#N)c2)cc1. The molecule has 0 aliphatic rings. The predicted molar refractivity (Wildman–Crippen MR) is 109 cm³/mol. The van der Waals surface area contributed by atoms with E-state index in [-0.39, 0.29) is 0 Å². The lowest BCUT2D eigenvalue weighted by Crippen LogP contribution is -2.39. The Kier molecular flexibility index (Phi) is 7.44. The van der Waals surface area contributed by atoms with E-state index in [1.54, 1.807) is 62.4 Å². The van der Waals surface area contributed by atoms with Crippen LogP contribution in [0.1, 0.15) is 38.3 Å². The predicted octanol–water partition coefficient (Wildman–Crippen LogP) is 3.58. The zero-order chi connectivity index (χ0) is 20.6. The van der Waals surface area contributed by atoms with Crippen LogP contribution >= 0.6 is 0 Å². The zero-order valence-corrected chi connectivity index (χ0v) is 17.3. The van der Waals surface area contributed by atoms with Crippen LogP contribution in [0.15, 0.2) is 48.5 Å². The molecule has 0 saturated carbocycles. The largest absolute Gasteiger partial charge is 0.490 e. The Labute approximate surface area is 167 Å². The maximum absolute atomic E-state index is 12.5. The summed E-state index contributed by atoms with van der Waals surface area (Å²) in [5, 5.41) is 8.88. The summed E-state index contributed by atoms with van der Waals surface area (Å²) in [4.78, 5) is 0. The lowest BCUT2D eigenvalue weighted by atomic mass is 10.0. The number of nitrogens with one attached hydrogen (secondary N) is 1.